The fraction of sp³-hybridized carbons (Fsp3) is 0.400. The largest absolute Gasteiger partial charge is 0.497 e. The fourth-order valence-electron chi connectivity index (χ4n) is 3.80. The molecular weight excluding hydrogens is 270 g/mol. The van der Waals surface area contributed by atoms with Crippen molar-refractivity contribution in [1.82, 2.24) is 0 Å². The summed E-state index contributed by atoms with van der Waals surface area (Å²) in [6.45, 7) is 9.02. The van der Waals surface area contributed by atoms with Crippen molar-refractivity contribution in [3.05, 3.63) is 59.2 Å². The molecule has 0 amide bonds. The number of benzene rings is 2. The molecule has 2 aromatic rings. The number of ether oxygens (including phenoxy) is 1. The van der Waals surface area contributed by atoms with Crippen LogP contribution in [0.1, 0.15) is 43.9 Å². The minimum atomic E-state index is 0.00402. The van der Waals surface area contributed by atoms with E-state index >= 15 is 0 Å². The van der Waals surface area contributed by atoms with Gasteiger partial charge in [-0.15, -0.1) is 0 Å². The highest BCUT2D eigenvalue weighted by Crippen LogP contribution is 2.48. The van der Waals surface area contributed by atoms with Crippen LogP contribution in [-0.2, 0) is 5.41 Å². The summed E-state index contributed by atoms with van der Waals surface area (Å²) >= 11 is 0. The van der Waals surface area contributed by atoms with Gasteiger partial charge in [-0.05, 0) is 44.4 Å². The average molecular weight is 295 g/mol. The zero-order valence-electron chi connectivity index (χ0n) is 14.2. The zero-order chi connectivity index (χ0) is 16.0. The standard InChI is InChI=1S/C20H25NO/c1-14-6-8-15(9-7-14)20(4)13-19(2,3)21-18-12-16(22-5)10-11-17(18)20/h6-12,21H,13H2,1-5H3. The highest BCUT2D eigenvalue weighted by Gasteiger charge is 2.41. The van der Waals surface area contributed by atoms with Crippen molar-refractivity contribution < 1.29 is 4.74 Å². The summed E-state index contributed by atoms with van der Waals surface area (Å²) in [6, 6.07) is 15.3. The van der Waals surface area contributed by atoms with E-state index in [1.807, 2.05) is 0 Å². The van der Waals surface area contributed by atoms with Gasteiger partial charge in [-0.3, -0.25) is 0 Å². The molecule has 1 aliphatic rings. The maximum absolute atomic E-state index is 5.40. The Morgan fingerprint density at radius 2 is 1.68 bits per heavy atom. The van der Waals surface area contributed by atoms with Crippen molar-refractivity contribution in [3.8, 4) is 5.75 Å². The third kappa shape index (κ3) is 2.47. The van der Waals surface area contributed by atoms with Crippen LogP contribution in [0, 0.1) is 6.92 Å². The summed E-state index contributed by atoms with van der Waals surface area (Å²) in [7, 11) is 1.72. The van der Waals surface area contributed by atoms with Crippen LogP contribution >= 0.6 is 0 Å². The molecule has 0 aliphatic carbocycles. The molecule has 116 valence electrons. The summed E-state index contributed by atoms with van der Waals surface area (Å²) in [4.78, 5) is 0. The molecule has 1 N–H and O–H groups in total. The van der Waals surface area contributed by atoms with Gasteiger partial charge in [0.2, 0.25) is 0 Å². The molecule has 0 fully saturated rings. The van der Waals surface area contributed by atoms with Gasteiger partial charge in [-0.2, -0.15) is 0 Å². The Hall–Kier alpha value is -1.96. The minimum Gasteiger partial charge on any atom is -0.497 e. The Labute approximate surface area is 133 Å². The highest BCUT2D eigenvalue weighted by atomic mass is 16.5. The summed E-state index contributed by atoms with van der Waals surface area (Å²) in [5.74, 6) is 0.898. The first-order chi connectivity index (χ1) is 10.3. The van der Waals surface area contributed by atoms with E-state index in [1.54, 1.807) is 7.11 Å². The zero-order valence-corrected chi connectivity index (χ0v) is 14.2. The van der Waals surface area contributed by atoms with Crippen LogP contribution in [-0.4, -0.2) is 12.6 Å². The second-order valence-electron chi connectivity index (χ2n) is 7.30. The number of anilines is 1. The monoisotopic (exact) mass is 295 g/mol. The van der Waals surface area contributed by atoms with Gasteiger partial charge in [-0.25, -0.2) is 0 Å². The first-order valence-electron chi connectivity index (χ1n) is 7.88. The van der Waals surface area contributed by atoms with Crippen LogP contribution in [0.4, 0.5) is 5.69 Å². The molecule has 0 aromatic heterocycles. The van der Waals surface area contributed by atoms with E-state index in [9.17, 15) is 0 Å². The Morgan fingerprint density at radius 3 is 2.32 bits per heavy atom. The lowest BCUT2D eigenvalue weighted by Crippen LogP contribution is -2.45. The third-order valence-corrected chi connectivity index (χ3v) is 4.78. The quantitative estimate of drug-likeness (QED) is 0.850. The van der Waals surface area contributed by atoms with Gasteiger partial charge in [0, 0.05) is 22.7 Å². The lowest BCUT2D eigenvalue weighted by atomic mass is 9.66. The van der Waals surface area contributed by atoms with Crippen LogP contribution in [0.2, 0.25) is 0 Å². The molecule has 1 aliphatic heterocycles. The molecule has 22 heavy (non-hydrogen) atoms. The van der Waals surface area contributed by atoms with E-state index in [1.165, 1.54) is 22.4 Å². The molecule has 0 bridgehead atoms. The number of rotatable bonds is 2. The van der Waals surface area contributed by atoms with E-state index in [2.05, 4.69) is 75.5 Å². The molecule has 1 unspecified atom stereocenters. The predicted molar refractivity (Wildman–Crippen MR) is 92.9 cm³/mol. The van der Waals surface area contributed by atoms with Crippen molar-refractivity contribution >= 4 is 5.69 Å². The predicted octanol–water partition coefficient (Wildman–Crippen LogP) is 4.90. The first kappa shape index (κ1) is 15.0. The van der Waals surface area contributed by atoms with E-state index in [-0.39, 0.29) is 11.0 Å². The number of fused-ring (bicyclic) bond motifs is 1. The van der Waals surface area contributed by atoms with Gasteiger partial charge in [0.1, 0.15) is 5.75 Å². The highest BCUT2D eigenvalue weighted by molar-refractivity contribution is 5.64. The van der Waals surface area contributed by atoms with Crippen LogP contribution in [0.3, 0.4) is 0 Å². The Bertz CT molecular complexity index is 687. The maximum atomic E-state index is 5.40. The molecule has 1 atom stereocenters. The van der Waals surface area contributed by atoms with Crippen molar-refractivity contribution in [2.45, 2.75) is 45.1 Å². The SMILES string of the molecule is COc1ccc2c(c1)NC(C)(C)CC2(C)c1ccc(C)cc1. The van der Waals surface area contributed by atoms with Gasteiger partial charge in [0.25, 0.3) is 0 Å². The Balaban J connectivity index is 2.17. The summed E-state index contributed by atoms with van der Waals surface area (Å²) in [5.41, 5.74) is 5.24. The van der Waals surface area contributed by atoms with E-state index in [0.717, 1.165) is 12.2 Å². The molecule has 0 spiro atoms. The van der Waals surface area contributed by atoms with Crippen LogP contribution in [0.25, 0.3) is 0 Å². The van der Waals surface area contributed by atoms with E-state index in [0.29, 0.717) is 0 Å². The molecule has 0 saturated carbocycles. The van der Waals surface area contributed by atoms with Gasteiger partial charge < -0.3 is 10.1 Å². The Morgan fingerprint density at radius 1 is 1.00 bits per heavy atom. The summed E-state index contributed by atoms with van der Waals surface area (Å²) in [6.07, 6.45) is 1.06. The van der Waals surface area contributed by atoms with Crippen molar-refractivity contribution in [2.24, 2.45) is 0 Å². The first-order valence-corrected chi connectivity index (χ1v) is 7.88. The van der Waals surface area contributed by atoms with Crippen LogP contribution in [0.5, 0.6) is 5.75 Å². The maximum Gasteiger partial charge on any atom is 0.120 e. The van der Waals surface area contributed by atoms with Gasteiger partial charge in [0.15, 0.2) is 0 Å². The number of hydrogen-bond acceptors (Lipinski definition) is 2. The molecule has 0 saturated heterocycles. The minimum absolute atomic E-state index is 0.00402. The van der Waals surface area contributed by atoms with E-state index < -0.39 is 0 Å². The number of methoxy groups -OCH3 is 1. The molecule has 2 nitrogen and oxygen atoms in total. The second kappa shape index (κ2) is 5.05. The van der Waals surface area contributed by atoms with Crippen molar-refractivity contribution in [1.29, 1.82) is 0 Å². The summed E-state index contributed by atoms with van der Waals surface area (Å²) < 4.78 is 5.40. The molecule has 2 heteroatoms. The van der Waals surface area contributed by atoms with Crippen LogP contribution < -0.4 is 10.1 Å². The second-order valence-corrected chi connectivity index (χ2v) is 7.30. The molecule has 2 aromatic carbocycles. The van der Waals surface area contributed by atoms with Crippen LogP contribution in [0.15, 0.2) is 42.5 Å². The molecule has 3 rings (SSSR count). The lowest BCUT2D eigenvalue weighted by Gasteiger charge is -2.46. The fourth-order valence-corrected chi connectivity index (χ4v) is 3.80. The third-order valence-electron chi connectivity index (χ3n) is 4.78. The number of nitrogens with one attached hydrogen (secondary N) is 1. The number of aryl methyl sites for hydroxylation is 1. The van der Waals surface area contributed by atoms with Crippen molar-refractivity contribution in [2.75, 3.05) is 12.4 Å². The summed E-state index contributed by atoms with van der Waals surface area (Å²) in [5, 5.41) is 3.67. The topological polar surface area (TPSA) is 21.3 Å². The Kier molecular flexibility index (Phi) is 3.43. The molecular formula is C20H25NO. The average Bonchev–Trinajstić information content (AvgIpc) is 2.45. The lowest BCUT2D eigenvalue weighted by molar-refractivity contribution is 0.375. The van der Waals surface area contributed by atoms with Gasteiger partial charge in [0.05, 0.1) is 7.11 Å². The molecule has 0 radical (unpaired) electrons. The molecule has 1 heterocycles. The smallest absolute Gasteiger partial charge is 0.120 e. The van der Waals surface area contributed by atoms with E-state index in [4.69, 9.17) is 4.74 Å². The normalized spacial score (nSPS) is 22.6. The van der Waals surface area contributed by atoms with Crippen molar-refractivity contribution in [3.63, 3.8) is 0 Å². The van der Waals surface area contributed by atoms with Gasteiger partial charge >= 0.3 is 0 Å². The number of hydrogen-bond donors (Lipinski definition) is 1. The van der Waals surface area contributed by atoms with Gasteiger partial charge in [-0.1, -0.05) is 42.8 Å².